The van der Waals surface area contributed by atoms with Crippen LogP contribution in [-0.4, -0.2) is 45.4 Å². The van der Waals surface area contributed by atoms with Crippen molar-refractivity contribution in [3.8, 4) is 0 Å². The lowest BCUT2D eigenvalue weighted by Gasteiger charge is -2.24. The molecule has 1 amide bonds. The van der Waals surface area contributed by atoms with E-state index in [0.717, 1.165) is 36.3 Å². The molecule has 3 atom stereocenters. The zero-order chi connectivity index (χ0) is 16.6. The van der Waals surface area contributed by atoms with Crippen molar-refractivity contribution in [2.45, 2.75) is 44.9 Å². The SMILES string of the molecule is Cc1noc(C)c1CSCC(=O)N1CC2CCCC2C1C(=O)O. The Bertz CT molecular complexity index is 596. The van der Waals surface area contributed by atoms with Gasteiger partial charge in [-0.15, -0.1) is 11.8 Å². The Balaban J connectivity index is 1.58. The number of aliphatic carboxylic acids is 1. The van der Waals surface area contributed by atoms with Crippen LogP contribution in [0.25, 0.3) is 0 Å². The third-order valence-electron chi connectivity index (χ3n) is 5.12. The Hall–Kier alpha value is -1.50. The van der Waals surface area contributed by atoms with Crippen LogP contribution in [0.3, 0.4) is 0 Å². The molecule has 1 saturated carbocycles. The summed E-state index contributed by atoms with van der Waals surface area (Å²) >= 11 is 1.49. The number of aromatic nitrogens is 1. The number of carbonyl (C=O) groups is 2. The number of amides is 1. The van der Waals surface area contributed by atoms with Crippen molar-refractivity contribution >= 4 is 23.6 Å². The normalized spacial score (nSPS) is 26.5. The topological polar surface area (TPSA) is 83.6 Å². The number of carboxylic acids is 1. The molecule has 1 N–H and O–H groups in total. The minimum absolute atomic E-state index is 0.0661. The van der Waals surface area contributed by atoms with Crippen LogP contribution in [0.1, 0.15) is 36.3 Å². The summed E-state index contributed by atoms with van der Waals surface area (Å²) in [5.41, 5.74) is 1.87. The maximum Gasteiger partial charge on any atom is 0.326 e. The predicted octanol–water partition coefficient (Wildman–Crippen LogP) is 2.24. The number of rotatable bonds is 5. The number of carbonyl (C=O) groups excluding carboxylic acids is 1. The Kier molecular flexibility index (Phi) is 4.66. The van der Waals surface area contributed by atoms with Gasteiger partial charge in [-0.25, -0.2) is 4.79 Å². The Labute approximate surface area is 139 Å². The number of thioether (sulfide) groups is 1. The maximum absolute atomic E-state index is 12.5. The molecule has 2 heterocycles. The molecular weight excluding hydrogens is 316 g/mol. The average molecular weight is 338 g/mol. The largest absolute Gasteiger partial charge is 0.480 e. The van der Waals surface area contributed by atoms with Gasteiger partial charge in [0.15, 0.2) is 0 Å². The third kappa shape index (κ3) is 3.11. The van der Waals surface area contributed by atoms with Crippen molar-refractivity contribution in [3.63, 3.8) is 0 Å². The monoisotopic (exact) mass is 338 g/mol. The molecule has 2 fully saturated rings. The van der Waals surface area contributed by atoms with Gasteiger partial charge in [-0.3, -0.25) is 4.79 Å². The molecule has 0 aromatic carbocycles. The summed E-state index contributed by atoms with van der Waals surface area (Å²) in [6.07, 6.45) is 3.06. The molecule has 3 unspecified atom stereocenters. The van der Waals surface area contributed by atoms with E-state index in [1.54, 1.807) is 4.90 Å². The van der Waals surface area contributed by atoms with Gasteiger partial charge in [0.2, 0.25) is 5.91 Å². The smallest absolute Gasteiger partial charge is 0.326 e. The number of hydrogen-bond acceptors (Lipinski definition) is 5. The fourth-order valence-corrected chi connectivity index (χ4v) is 4.97. The van der Waals surface area contributed by atoms with Crippen LogP contribution in [0.5, 0.6) is 0 Å². The highest BCUT2D eigenvalue weighted by Crippen LogP contribution is 2.42. The standard InChI is InChI=1S/C16H22N2O4S/c1-9-13(10(2)22-17-9)7-23-8-14(19)18-6-11-4-3-5-12(11)15(18)16(20)21/h11-12,15H,3-8H2,1-2H3,(H,20,21). The summed E-state index contributed by atoms with van der Waals surface area (Å²) in [4.78, 5) is 25.7. The second-order valence-electron chi connectivity index (χ2n) is 6.48. The van der Waals surface area contributed by atoms with Crippen molar-refractivity contribution in [3.05, 3.63) is 17.0 Å². The molecule has 0 radical (unpaired) electrons. The summed E-state index contributed by atoms with van der Waals surface area (Å²) in [7, 11) is 0. The van der Waals surface area contributed by atoms with E-state index < -0.39 is 12.0 Å². The summed E-state index contributed by atoms with van der Waals surface area (Å²) in [6.45, 7) is 4.35. The van der Waals surface area contributed by atoms with Crippen LogP contribution in [-0.2, 0) is 15.3 Å². The first-order valence-electron chi connectivity index (χ1n) is 8.00. The molecule has 126 valence electrons. The highest BCUT2D eigenvalue weighted by Gasteiger charge is 2.49. The first-order chi connectivity index (χ1) is 11.0. The van der Waals surface area contributed by atoms with Crippen LogP contribution in [0.2, 0.25) is 0 Å². The van der Waals surface area contributed by atoms with Gasteiger partial charge in [0.1, 0.15) is 11.8 Å². The highest BCUT2D eigenvalue weighted by molar-refractivity contribution is 7.99. The first kappa shape index (κ1) is 16.4. The van der Waals surface area contributed by atoms with Crippen LogP contribution in [0, 0.1) is 25.7 Å². The number of fused-ring (bicyclic) bond motifs is 1. The van der Waals surface area contributed by atoms with Gasteiger partial charge in [0.25, 0.3) is 0 Å². The lowest BCUT2D eigenvalue weighted by atomic mass is 9.94. The second-order valence-corrected chi connectivity index (χ2v) is 7.47. The molecule has 0 spiro atoms. The van der Waals surface area contributed by atoms with Gasteiger partial charge >= 0.3 is 5.97 Å². The van der Waals surface area contributed by atoms with Gasteiger partial charge in [0, 0.05) is 17.9 Å². The van der Waals surface area contributed by atoms with Gasteiger partial charge in [-0.1, -0.05) is 11.6 Å². The fraction of sp³-hybridized carbons (Fsp3) is 0.688. The predicted molar refractivity (Wildman–Crippen MR) is 86.1 cm³/mol. The van der Waals surface area contributed by atoms with Crippen LogP contribution < -0.4 is 0 Å². The van der Waals surface area contributed by atoms with Crippen molar-refractivity contribution in [1.82, 2.24) is 10.1 Å². The highest BCUT2D eigenvalue weighted by atomic mass is 32.2. The minimum atomic E-state index is -0.858. The van der Waals surface area contributed by atoms with Crippen LogP contribution in [0.15, 0.2) is 4.52 Å². The van der Waals surface area contributed by atoms with Gasteiger partial charge in [0.05, 0.1) is 11.4 Å². The molecular formula is C16H22N2O4S. The van der Waals surface area contributed by atoms with E-state index in [4.69, 9.17) is 4.52 Å². The van der Waals surface area contributed by atoms with E-state index in [1.165, 1.54) is 11.8 Å². The lowest BCUT2D eigenvalue weighted by molar-refractivity contribution is -0.148. The van der Waals surface area contributed by atoms with E-state index >= 15 is 0 Å². The summed E-state index contributed by atoms with van der Waals surface area (Å²) < 4.78 is 5.12. The third-order valence-corrected chi connectivity index (χ3v) is 6.06. The van der Waals surface area contributed by atoms with Crippen LogP contribution in [0.4, 0.5) is 0 Å². The van der Waals surface area contributed by atoms with E-state index in [-0.39, 0.29) is 11.8 Å². The second kappa shape index (κ2) is 6.55. The van der Waals surface area contributed by atoms with E-state index in [2.05, 4.69) is 5.16 Å². The molecule has 3 rings (SSSR count). The van der Waals surface area contributed by atoms with Crippen molar-refractivity contribution < 1.29 is 19.2 Å². The van der Waals surface area contributed by atoms with Gasteiger partial charge in [-0.05, 0) is 38.5 Å². The summed E-state index contributed by atoms with van der Waals surface area (Å²) in [5, 5.41) is 13.4. The zero-order valence-corrected chi connectivity index (χ0v) is 14.3. The average Bonchev–Trinajstić information content (AvgIpc) is 3.15. The number of nitrogens with zero attached hydrogens (tertiary/aromatic N) is 2. The molecule has 2 aliphatic rings. The molecule has 23 heavy (non-hydrogen) atoms. The quantitative estimate of drug-likeness (QED) is 0.886. The lowest BCUT2D eigenvalue weighted by Crippen LogP contribution is -2.44. The van der Waals surface area contributed by atoms with Crippen molar-refractivity contribution in [1.29, 1.82) is 0 Å². The van der Waals surface area contributed by atoms with Crippen LogP contribution >= 0.6 is 11.8 Å². The van der Waals surface area contributed by atoms with Crippen molar-refractivity contribution in [2.24, 2.45) is 11.8 Å². The van der Waals surface area contributed by atoms with E-state index in [1.807, 2.05) is 13.8 Å². The molecule has 1 aliphatic carbocycles. The van der Waals surface area contributed by atoms with E-state index in [9.17, 15) is 14.7 Å². The molecule has 7 heteroatoms. The van der Waals surface area contributed by atoms with Gasteiger partial charge in [-0.2, -0.15) is 0 Å². The Morgan fingerprint density at radius 2 is 2.17 bits per heavy atom. The van der Waals surface area contributed by atoms with Crippen molar-refractivity contribution in [2.75, 3.05) is 12.3 Å². The first-order valence-corrected chi connectivity index (χ1v) is 9.16. The molecule has 0 bridgehead atoms. The van der Waals surface area contributed by atoms with E-state index in [0.29, 0.717) is 24.0 Å². The fourth-order valence-electron chi connectivity index (χ4n) is 3.91. The maximum atomic E-state index is 12.5. The molecule has 1 saturated heterocycles. The number of hydrogen-bond donors (Lipinski definition) is 1. The number of carboxylic acid groups (broad SMARTS) is 1. The summed E-state index contributed by atoms with van der Waals surface area (Å²) in [6, 6.07) is -0.630. The Morgan fingerprint density at radius 1 is 1.39 bits per heavy atom. The number of likely N-dealkylation sites (tertiary alicyclic amines) is 1. The van der Waals surface area contributed by atoms with Gasteiger partial charge < -0.3 is 14.5 Å². The minimum Gasteiger partial charge on any atom is -0.480 e. The Morgan fingerprint density at radius 3 is 2.83 bits per heavy atom. The number of aryl methyl sites for hydroxylation is 2. The molecule has 1 aliphatic heterocycles. The molecule has 1 aromatic rings. The molecule has 6 nitrogen and oxygen atoms in total. The zero-order valence-electron chi connectivity index (χ0n) is 13.4. The summed E-state index contributed by atoms with van der Waals surface area (Å²) in [5.74, 6) is 1.32. The molecule has 1 aromatic heterocycles.